The molecule has 1 aliphatic carbocycles. The van der Waals surface area contributed by atoms with Gasteiger partial charge in [-0.1, -0.05) is 5.16 Å². The van der Waals surface area contributed by atoms with Crippen molar-refractivity contribution in [1.29, 1.82) is 0 Å². The maximum absolute atomic E-state index is 5.92. The smallest absolute Gasteiger partial charge is 0.229 e. The van der Waals surface area contributed by atoms with Crippen LogP contribution < -0.4 is 5.73 Å². The van der Waals surface area contributed by atoms with Gasteiger partial charge in [0.05, 0.1) is 0 Å². The lowest BCUT2D eigenvalue weighted by Gasteiger charge is -2.30. The van der Waals surface area contributed by atoms with Crippen molar-refractivity contribution in [2.24, 2.45) is 5.73 Å². The van der Waals surface area contributed by atoms with Gasteiger partial charge in [-0.3, -0.25) is 0 Å². The molecule has 1 aromatic heterocycles. The molecule has 100 valence electrons. The number of nitrogens with zero attached hydrogens (tertiary/aromatic N) is 2. The second-order valence-corrected chi connectivity index (χ2v) is 5.76. The molecule has 5 heteroatoms. The standard InChI is InChI=1S/C13H21N3O2/c1-13(6-2-3-7-17-13)12-15-11(18-16-12)9-4-5-10(14)8-9/h9-10H,2-8,14H2,1H3. The minimum absolute atomic E-state index is 0.284. The van der Waals surface area contributed by atoms with Gasteiger partial charge in [0.1, 0.15) is 5.60 Å². The van der Waals surface area contributed by atoms with Crippen LogP contribution in [0.25, 0.3) is 0 Å². The Morgan fingerprint density at radius 1 is 1.33 bits per heavy atom. The zero-order valence-electron chi connectivity index (χ0n) is 10.9. The van der Waals surface area contributed by atoms with Gasteiger partial charge in [0, 0.05) is 18.6 Å². The molecule has 2 aliphatic rings. The highest BCUT2D eigenvalue weighted by Crippen LogP contribution is 2.36. The Kier molecular flexibility index (Phi) is 3.11. The number of ether oxygens (including phenoxy) is 1. The number of aromatic nitrogens is 2. The zero-order valence-corrected chi connectivity index (χ0v) is 10.9. The fourth-order valence-electron chi connectivity index (χ4n) is 2.97. The lowest BCUT2D eigenvalue weighted by atomic mass is 9.95. The van der Waals surface area contributed by atoms with Gasteiger partial charge in [0.15, 0.2) is 0 Å². The predicted molar refractivity (Wildman–Crippen MR) is 66.0 cm³/mol. The third-order valence-corrected chi connectivity index (χ3v) is 4.21. The first kappa shape index (κ1) is 12.1. The van der Waals surface area contributed by atoms with Crippen LogP contribution in [0, 0.1) is 0 Å². The van der Waals surface area contributed by atoms with Crippen molar-refractivity contribution in [2.75, 3.05) is 6.61 Å². The van der Waals surface area contributed by atoms with Gasteiger partial charge in [-0.25, -0.2) is 0 Å². The topological polar surface area (TPSA) is 74.2 Å². The van der Waals surface area contributed by atoms with E-state index in [1.54, 1.807) is 0 Å². The average Bonchev–Trinajstić information content (AvgIpc) is 2.98. The molecular formula is C13H21N3O2. The Hall–Kier alpha value is -0.940. The van der Waals surface area contributed by atoms with Crippen molar-refractivity contribution in [1.82, 2.24) is 10.1 Å². The lowest BCUT2D eigenvalue weighted by Crippen LogP contribution is -2.31. The second kappa shape index (κ2) is 4.63. The van der Waals surface area contributed by atoms with E-state index in [0.29, 0.717) is 11.7 Å². The molecule has 2 N–H and O–H groups in total. The third-order valence-electron chi connectivity index (χ3n) is 4.21. The van der Waals surface area contributed by atoms with Crippen molar-refractivity contribution in [3.8, 4) is 0 Å². The number of nitrogens with two attached hydrogens (primary N) is 1. The summed E-state index contributed by atoms with van der Waals surface area (Å²) in [5.41, 5.74) is 5.56. The van der Waals surface area contributed by atoms with Crippen LogP contribution in [0.2, 0.25) is 0 Å². The van der Waals surface area contributed by atoms with Gasteiger partial charge >= 0.3 is 0 Å². The largest absolute Gasteiger partial charge is 0.367 e. The normalized spacial score (nSPS) is 37.0. The molecule has 0 bridgehead atoms. The number of hydrogen-bond donors (Lipinski definition) is 1. The first-order valence-electron chi connectivity index (χ1n) is 6.91. The van der Waals surface area contributed by atoms with Gasteiger partial charge in [-0.2, -0.15) is 4.98 Å². The van der Waals surface area contributed by atoms with Gasteiger partial charge in [0.2, 0.25) is 11.7 Å². The Morgan fingerprint density at radius 3 is 2.89 bits per heavy atom. The van der Waals surface area contributed by atoms with Crippen LogP contribution in [0.4, 0.5) is 0 Å². The van der Waals surface area contributed by atoms with Crippen molar-refractivity contribution in [3.05, 3.63) is 11.7 Å². The second-order valence-electron chi connectivity index (χ2n) is 5.76. The summed E-state index contributed by atoms with van der Waals surface area (Å²) < 4.78 is 11.3. The summed E-state index contributed by atoms with van der Waals surface area (Å²) in [4.78, 5) is 4.56. The summed E-state index contributed by atoms with van der Waals surface area (Å²) in [6.07, 6.45) is 6.32. The van der Waals surface area contributed by atoms with E-state index in [1.165, 1.54) is 0 Å². The fraction of sp³-hybridized carbons (Fsp3) is 0.846. The molecule has 18 heavy (non-hydrogen) atoms. The molecular weight excluding hydrogens is 230 g/mol. The van der Waals surface area contributed by atoms with E-state index in [0.717, 1.165) is 51.0 Å². The summed E-state index contributed by atoms with van der Waals surface area (Å²) in [6.45, 7) is 2.84. The highest BCUT2D eigenvalue weighted by molar-refractivity contribution is 5.05. The molecule has 2 heterocycles. The van der Waals surface area contributed by atoms with Crippen LogP contribution >= 0.6 is 0 Å². The van der Waals surface area contributed by atoms with Crippen LogP contribution in [0.3, 0.4) is 0 Å². The summed E-state index contributed by atoms with van der Waals surface area (Å²) in [6, 6.07) is 0.284. The maximum atomic E-state index is 5.92. The zero-order chi connectivity index (χ0) is 12.6. The van der Waals surface area contributed by atoms with Crippen LogP contribution in [-0.2, 0) is 10.3 Å². The van der Waals surface area contributed by atoms with Crippen molar-refractivity contribution < 1.29 is 9.26 Å². The van der Waals surface area contributed by atoms with Gasteiger partial charge in [0.25, 0.3) is 0 Å². The van der Waals surface area contributed by atoms with E-state index in [4.69, 9.17) is 15.0 Å². The van der Waals surface area contributed by atoms with Crippen molar-refractivity contribution in [2.45, 2.75) is 63.0 Å². The van der Waals surface area contributed by atoms with Crippen LogP contribution in [0.15, 0.2) is 4.52 Å². The Labute approximate surface area is 107 Å². The summed E-state index contributed by atoms with van der Waals surface area (Å²) in [7, 11) is 0. The minimum Gasteiger partial charge on any atom is -0.367 e. The molecule has 5 nitrogen and oxygen atoms in total. The molecule has 0 aromatic carbocycles. The van der Waals surface area contributed by atoms with Gasteiger partial charge in [-0.05, 0) is 45.4 Å². The summed E-state index contributed by atoms with van der Waals surface area (Å²) >= 11 is 0. The molecule has 3 unspecified atom stereocenters. The van der Waals surface area contributed by atoms with E-state index < -0.39 is 0 Å². The molecule has 0 amide bonds. The van der Waals surface area contributed by atoms with E-state index in [-0.39, 0.29) is 11.6 Å². The van der Waals surface area contributed by atoms with Gasteiger partial charge < -0.3 is 15.0 Å². The Morgan fingerprint density at radius 2 is 2.22 bits per heavy atom. The molecule has 1 saturated carbocycles. The number of hydrogen-bond acceptors (Lipinski definition) is 5. The molecule has 3 rings (SSSR count). The van der Waals surface area contributed by atoms with Crippen molar-refractivity contribution in [3.63, 3.8) is 0 Å². The summed E-state index contributed by atoms with van der Waals surface area (Å²) in [5.74, 6) is 1.79. The lowest BCUT2D eigenvalue weighted by molar-refractivity contribution is -0.0770. The predicted octanol–water partition coefficient (Wildman–Crippen LogP) is 2.08. The monoisotopic (exact) mass is 251 g/mol. The third kappa shape index (κ3) is 2.17. The van der Waals surface area contributed by atoms with E-state index in [1.807, 2.05) is 0 Å². The molecule has 0 radical (unpaired) electrons. The van der Waals surface area contributed by atoms with E-state index in [2.05, 4.69) is 17.1 Å². The minimum atomic E-state index is -0.360. The SMILES string of the molecule is CC1(c2noc(C3CCC(N)C3)n2)CCCCO1. The van der Waals surface area contributed by atoms with Crippen molar-refractivity contribution >= 4 is 0 Å². The molecule has 0 spiro atoms. The first-order valence-corrected chi connectivity index (χ1v) is 6.91. The van der Waals surface area contributed by atoms with E-state index >= 15 is 0 Å². The van der Waals surface area contributed by atoms with Crippen LogP contribution in [0.5, 0.6) is 0 Å². The van der Waals surface area contributed by atoms with Crippen LogP contribution in [-0.4, -0.2) is 22.8 Å². The average molecular weight is 251 g/mol. The van der Waals surface area contributed by atoms with Gasteiger partial charge in [-0.15, -0.1) is 0 Å². The number of rotatable bonds is 2. The highest BCUT2D eigenvalue weighted by Gasteiger charge is 2.36. The summed E-state index contributed by atoms with van der Waals surface area (Å²) in [5, 5.41) is 4.13. The molecule has 1 saturated heterocycles. The van der Waals surface area contributed by atoms with Crippen LogP contribution in [0.1, 0.15) is 63.1 Å². The highest BCUT2D eigenvalue weighted by atomic mass is 16.5. The fourth-order valence-corrected chi connectivity index (χ4v) is 2.97. The van der Waals surface area contributed by atoms with E-state index in [9.17, 15) is 0 Å². The quantitative estimate of drug-likeness (QED) is 0.871. The Bertz CT molecular complexity index is 412. The molecule has 3 atom stereocenters. The molecule has 2 fully saturated rings. The maximum Gasteiger partial charge on any atom is 0.229 e. The Balaban J connectivity index is 1.76. The molecule has 1 aromatic rings. The molecule has 1 aliphatic heterocycles. The first-order chi connectivity index (χ1) is 8.67.